The Morgan fingerprint density at radius 3 is 2.61 bits per heavy atom. The summed E-state index contributed by atoms with van der Waals surface area (Å²) >= 11 is 0. The number of hydrogen-bond acceptors (Lipinski definition) is 6. The van der Waals surface area contributed by atoms with Gasteiger partial charge in [-0.2, -0.15) is 8.42 Å². The van der Waals surface area contributed by atoms with E-state index in [0.717, 1.165) is 5.56 Å². The van der Waals surface area contributed by atoms with Gasteiger partial charge in [0.05, 0.1) is 0 Å². The number of rotatable bonds is 6. The molecule has 2 aliphatic rings. The Labute approximate surface area is 210 Å². The molecule has 2 N–H and O–H groups in total. The van der Waals surface area contributed by atoms with Gasteiger partial charge in [0.2, 0.25) is 0 Å². The van der Waals surface area contributed by atoms with Crippen molar-refractivity contribution in [3.8, 4) is 5.75 Å². The average molecular weight is 520 g/mol. The van der Waals surface area contributed by atoms with Crippen LogP contribution in [0.2, 0.25) is 0 Å². The Morgan fingerprint density at radius 2 is 1.97 bits per heavy atom. The fourth-order valence-corrected chi connectivity index (χ4v) is 5.50. The van der Waals surface area contributed by atoms with Crippen molar-refractivity contribution in [1.29, 1.82) is 0 Å². The molecule has 2 amide bonds. The Hall–Kier alpha value is -3.34. The second kappa shape index (κ2) is 9.96. The molecule has 1 heterocycles. The van der Waals surface area contributed by atoms with Gasteiger partial charge in [-0.05, 0) is 68.7 Å². The lowest BCUT2D eigenvalue weighted by Gasteiger charge is -2.29. The first-order chi connectivity index (χ1) is 16.9. The number of hydrogen-bond donors (Lipinski definition) is 2. The summed E-state index contributed by atoms with van der Waals surface area (Å²) in [6.45, 7) is 5.15. The molecular weight excluding hydrogens is 489 g/mol. The summed E-state index contributed by atoms with van der Waals surface area (Å²) in [6.07, 6.45) is 0.963. The van der Waals surface area contributed by atoms with Gasteiger partial charge in [0.15, 0.2) is 5.82 Å². The molecule has 1 aliphatic heterocycles. The highest BCUT2D eigenvalue weighted by atomic mass is 32.2. The van der Waals surface area contributed by atoms with Crippen LogP contribution in [-0.4, -0.2) is 39.1 Å². The van der Waals surface area contributed by atoms with Crippen LogP contribution >= 0.6 is 0 Å². The summed E-state index contributed by atoms with van der Waals surface area (Å²) in [4.78, 5) is 23.9. The van der Waals surface area contributed by atoms with E-state index >= 15 is 4.39 Å². The minimum Gasteiger partial charge on any atom is -0.487 e. The molecule has 0 bridgehead atoms. The molecule has 1 saturated heterocycles. The molecule has 1 atom stereocenters. The average Bonchev–Trinajstić information content (AvgIpc) is 3.07. The molecule has 0 radical (unpaired) electrons. The van der Waals surface area contributed by atoms with Crippen LogP contribution in [0.15, 0.2) is 36.4 Å². The quantitative estimate of drug-likeness (QED) is 0.606. The predicted molar refractivity (Wildman–Crippen MR) is 131 cm³/mol. The van der Waals surface area contributed by atoms with Crippen molar-refractivity contribution < 1.29 is 31.9 Å². The minimum absolute atomic E-state index is 0.0560. The molecule has 2 aromatic rings. The van der Waals surface area contributed by atoms with Crippen LogP contribution in [0.4, 0.5) is 14.9 Å². The highest BCUT2D eigenvalue weighted by Gasteiger charge is 2.39. The number of halogens is 1. The monoisotopic (exact) mass is 519 g/mol. The highest BCUT2D eigenvalue weighted by Crippen LogP contribution is 2.41. The van der Waals surface area contributed by atoms with E-state index < -0.39 is 40.2 Å². The smallest absolute Gasteiger partial charge is 0.407 e. The van der Waals surface area contributed by atoms with Gasteiger partial charge in [0.25, 0.3) is 5.91 Å². The highest BCUT2D eigenvalue weighted by molar-refractivity contribution is 7.92. The Bertz CT molecular complexity index is 1260. The first-order valence-corrected chi connectivity index (χ1v) is 13.2. The van der Waals surface area contributed by atoms with Gasteiger partial charge in [-0.1, -0.05) is 30.3 Å². The van der Waals surface area contributed by atoms with Crippen molar-refractivity contribution in [2.75, 3.05) is 17.4 Å². The van der Waals surface area contributed by atoms with E-state index in [1.165, 1.54) is 0 Å². The van der Waals surface area contributed by atoms with Crippen LogP contribution in [0.3, 0.4) is 0 Å². The molecule has 0 aromatic heterocycles. The zero-order valence-electron chi connectivity index (χ0n) is 20.5. The lowest BCUT2D eigenvalue weighted by Crippen LogP contribution is -2.37. The maximum atomic E-state index is 16.0. The van der Waals surface area contributed by atoms with E-state index in [2.05, 4.69) is 5.32 Å². The Morgan fingerprint density at radius 1 is 1.25 bits per heavy atom. The third-order valence-corrected chi connectivity index (χ3v) is 7.33. The van der Waals surface area contributed by atoms with Crippen molar-refractivity contribution in [2.45, 2.75) is 52.2 Å². The van der Waals surface area contributed by atoms with E-state index in [1.807, 2.05) is 35.1 Å². The van der Waals surface area contributed by atoms with Gasteiger partial charge in [-0.15, -0.1) is 0 Å². The van der Waals surface area contributed by atoms with E-state index in [4.69, 9.17) is 9.47 Å². The summed E-state index contributed by atoms with van der Waals surface area (Å²) in [5, 5.41) is 2.73. The van der Waals surface area contributed by atoms with Gasteiger partial charge in [0, 0.05) is 6.54 Å². The molecule has 194 valence electrons. The molecule has 11 heteroatoms. The molecular formula is C25H30FN3O6S. The summed E-state index contributed by atoms with van der Waals surface area (Å²) in [7, 11) is -4.26. The first kappa shape index (κ1) is 25.7. The Kier molecular flexibility index (Phi) is 7.12. The van der Waals surface area contributed by atoms with E-state index in [-0.39, 0.29) is 36.9 Å². The summed E-state index contributed by atoms with van der Waals surface area (Å²) < 4.78 is 55.0. The number of carbonyl (C=O) groups is 2. The van der Waals surface area contributed by atoms with Crippen molar-refractivity contribution in [2.24, 2.45) is 5.92 Å². The topological polar surface area (TPSA) is 114 Å². The second-order valence-electron chi connectivity index (χ2n) is 9.98. The van der Waals surface area contributed by atoms with Gasteiger partial charge < -0.3 is 14.8 Å². The van der Waals surface area contributed by atoms with Gasteiger partial charge in [-0.3, -0.25) is 4.79 Å². The third-order valence-electron chi connectivity index (χ3n) is 5.95. The number of amides is 2. The molecule has 0 unspecified atom stereocenters. The molecule has 0 spiro atoms. The van der Waals surface area contributed by atoms with Crippen LogP contribution in [0, 0.1) is 11.7 Å². The molecule has 4 rings (SSSR count). The fourth-order valence-electron chi connectivity index (χ4n) is 4.34. The first-order valence-electron chi connectivity index (χ1n) is 11.7. The second-order valence-corrected chi connectivity index (χ2v) is 11.6. The number of nitrogens with zero attached hydrogens (tertiary/aromatic N) is 1. The number of anilines is 1. The third kappa shape index (κ3) is 5.89. The zero-order chi connectivity index (χ0) is 26.1. The van der Waals surface area contributed by atoms with Crippen LogP contribution in [0.5, 0.6) is 5.75 Å². The van der Waals surface area contributed by atoms with Crippen LogP contribution in [-0.2, 0) is 39.2 Å². The molecule has 2 aromatic carbocycles. The number of ether oxygens (including phenoxy) is 2. The van der Waals surface area contributed by atoms with Crippen molar-refractivity contribution >= 4 is 27.9 Å². The lowest BCUT2D eigenvalue weighted by atomic mass is 9.83. The van der Waals surface area contributed by atoms with Crippen molar-refractivity contribution in [1.82, 2.24) is 10.0 Å². The number of alkyl carbamates (subject to hydrolysis) is 1. The van der Waals surface area contributed by atoms with Gasteiger partial charge in [-0.25, -0.2) is 18.2 Å². The molecule has 1 aliphatic carbocycles. The number of fused-ring (bicyclic) bond motifs is 1. The standard InChI is InChI=1S/C25H30FN3O6S/c1-25(2,3)35-24(31)27-13-17-9-10-18-12-20(34-15-16-7-5-4-6-8-16)23(22(26)19(18)11-17)29-14-21(30)28-36(29,32)33/h4-8,12,17H,9-11,13-15H2,1-3H3,(H,27,31)(H,28,30)/t17-/m0/s1. The lowest BCUT2D eigenvalue weighted by molar-refractivity contribution is -0.117. The number of aryl methyl sites for hydroxylation is 1. The maximum Gasteiger partial charge on any atom is 0.407 e. The molecule has 36 heavy (non-hydrogen) atoms. The van der Waals surface area contributed by atoms with E-state index in [0.29, 0.717) is 28.3 Å². The molecule has 9 nitrogen and oxygen atoms in total. The van der Waals surface area contributed by atoms with E-state index in [1.54, 1.807) is 26.8 Å². The fraction of sp³-hybridized carbons (Fsp3) is 0.440. The van der Waals surface area contributed by atoms with E-state index in [9.17, 15) is 18.0 Å². The SMILES string of the molecule is CC(C)(C)OC(=O)NC[C@H]1CCc2cc(OCc3ccccc3)c(N3CC(=O)NS3(=O)=O)c(F)c2C1. The molecule has 0 saturated carbocycles. The molecule has 1 fully saturated rings. The van der Waals surface area contributed by atoms with Crippen LogP contribution in [0.1, 0.15) is 43.9 Å². The van der Waals surface area contributed by atoms with Crippen molar-refractivity contribution in [3.63, 3.8) is 0 Å². The predicted octanol–water partition coefficient (Wildman–Crippen LogP) is 3.22. The summed E-state index contributed by atoms with van der Waals surface area (Å²) in [6, 6.07) is 10.9. The number of benzene rings is 2. The zero-order valence-corrected chi connectivity index (χ0v) is 21.3. The minimum atomic E-state index is -4.26. The number of nitrogens with one attached hydrogen (secondary N) is 2. The summed E-state index contributed by atoms with van der Waals surface area (Å²) in [5.41, 5.74) is 0.974. The normalized spacial score (nSPS) is 18.8. The van der Waals surface area contributed by atoms with Gasteiger partial charge >= 0.3 is 16.3 Å². The van der Waals surface area contributed by atoms with Gasteiger partial charge in [0.1, 0.15) is 30.2 Å². The van der Waals surface area contributed by atoms with Crippen LogP contribution < -0.4 is 19.1 Å². The summed E-state index contributed by atoms with van der Waals surface area (Å²) in [5.74, 6) is -1.50. The number of carbonyl (C=O) groups excluding carboxylic acids is 2. The van der Waals surface area contributed by atoms with Crippen molar-refractivity contribution in [3.05, 3.63) is 58.9 Å². The van der Waals surface area contributed by atoms with Crippen LogP contribution in [0.25, 0.3) is 0 Å². The maximum absolute atomic E-state index is 16.0. The largest absolute Gasteiger partial charge is 0.487 e. The Balaban J connectivity index is 1.61.